The number of hydrogen-bond donors (Lipinski definition) is 1. The standard InChI is InChI=1S/C23H22N6O4/c1-2-27-13-18(11-24-27)14-28-15-20(12-25-28)26-23(30)19-5-3-4-17(10-19)16-33-22-8-6-21(7-9-22)29(31)32/h3-13,15H,2,14,16H2,1H3,(H,26,30). The second kappa shape index (κ2) is 9.77. The Balaban J connectivity index is 1.34. The van der Waals surface area contributed by atoms with Crippen LogP contribution in [0.5, 0.6) is 5.75 Å². The maximum absolute atomic E-state index is 12.7. The Morgan fingerprint density at radius 1 is 1.06 bits per heavy atom. The predicted octanol–water partition coefficient (Wildman–Crippen LogP) is 3.89. The zero-order valence-electron chi connectivity index (χ0n) is 17.9. The monoisotopic (exact) mass is 446 g/mol. The zero-order chi connectivity index (χ0) is 23.2. The Morgan fingerprint density at radius 2 is 1.85 bits per heavy atom. The number of hydrogen-bond acceptors (Lipinski definition) is 6. The summed E-state index contributed by atoms with van der Waals surface area (Å²) >= 11 is 0. The number of carbonyl (C=O) groups is 1. The van der Waals surface area contributed by atoms with Crippen LogP contribution in [0.2, 0.25) is 0 Å². The first-order valence-corrected chi connectivity index (χ1v) is 10.3. The summed E-state index contributed by atoms with van der Waals surface area (Å²) < 4.78 is 9.26. The lowest BCUT2D eigenvalue weighted by Crippen LogP contribution is -2.12. The van der Waals surface area contributed by atoms with Crippen LogP contribution >= 0.6 is 0 Å². The van der Waals surface area contributed by atoms with Crippen LogP contribution in [0.3, 0.4) is 0 Å². The molecule has 33 heavy (non-hydrogen) atoms. The number of benzene rings is 2. The predicted molar refractivity (Wildman–Crippen MR) is 121 cm³/mol. The summed E-state index contributed by atoms with van der Waals surface area (Å²) in [4.78, 5) is 23.0. The average molecular weight is 446 g/mol. The summed E-state index contributed by atoms with van der Waals surface area (Å²) in [6.45, 7) is 3.61. The zero-order valence-corrected chi connectivity index (χ0v) is 17.9. The Kier molecular flexibility index (Phi) is 6.44. The van der Waals surface area contributed by atoms with Crippen LogP contribution < -0.4 is 10.1 Å². The smallest absolute Gasteiger partial charge is 0.269 e. The summed E-state index contributed by atoms with van der Waals surface area (Å²) in [6, 6.07) is 12.9. The van der Waals surface area contributed by atoms with Crippen LogP contribution in [0.1, 0.15) is 28.4 Å². The molecular weight excluding hydrogens is 424 g/mol. The van der Waals surface area contributed by atoms with Crippen LogP contribution in [-0.2, 0) is 19.7 Å². The minimum absolute atomic E-state index is 0.000344. The number of nitro groups is 1. The van der Waals surface area contributed by atoms with Gasteiger partial charge in [-0.3, -0.25) is 24.3 Å². The molecule has 10 heteroatoms. The molecule has 2 aromatic carbocycles. The number of nitrogens with zero attached hydrogens (tertiary/aromatic N) is 5. The quantitative estimate of drug-likeness (QED) is 0.308. The maximum atomic E-state index is 12.7. The van der Waals surface area contributed by atoms with Gasteiger partial charge in [-0.1, -0.05) is 12.1 Å². The molecule has 0 spiro atoms. The van der Waals surface area contributed by atoms with Gasteiger partial charge < -0.3 is 10.1 Å². The summed E-state index contributed by atoms with van der Waals surface area (Å²) in [5, 5.41) is 22.1. The van der Waals surface area contributed by atoms with Crippen molar-refractivity contribution in [3.8, 4) is 5.75 Å². The molecule has 0 aliphatic carbocycles. The topological polar surface area (TPSA) is 117 Å². The van der Waals surface area contributed by atoms with E-state index < -0.39 is 4.92 Å². The Morgan fingerprint density at radius 3 is 2.58 bits per heavy atom. The molecule has 0 saturated heterocycles. The van der Waals surface area contributed by atoms with Crippen molar-refractivity contribution < 1.29 is 14.5 Å². The van der Waals surface area contributed by atoms with Crippen LogP contribution in [0, 0.1) is 10.1 Å². The third-order valence-corrected chi connectivity index (χ3v) is 4.89. The largest absolute Gasteiger partial charge is 0.489 e. The molecule has 0 bridgehead atoms. The summed E-state index contributed by atoms with van der Waals surface area (Å²) in [5.74, 6) is 0.248. The number of aryl methyl sites for hydroxylation is 1. The molecule has 2 heterocycles. The molecule has 2 aromatic heterocycles. The van der Waals surface area contributed by atoms with Gasteiger partial charge in [0, 0.05) is 42.2 Å². The molecular formula is C23H22N6O4. The van der Waals surface area contributed by atoms with Crippen LogP contribution in [-0.4, -0.2) is 30.4 Å². The molecule has 1 N–H and O–H groups in total. The fraction of sp³-hybridized carbons (Fsp3) is 0.174. The van der Waals surface area contributed by atoms with Crippen molar-refractivity contribution in [3.63, 3.8) is 0 Å². The van der Waals surface area contributed by atoms with Gasteiger partial charge in [0.1, 0.15) is 12.4 Å². The van der Waals surface area contributed by atoms with Gasteiger partial charge in [0.15, 0.2) is 0 Å². The number of aromatic nitrogens is 4. The fourth-order valence-corrected chi connectivity index (χ4v) is 3.20. The number of amides is 1. The van der Waals surface area contributed by atoms with Crippen molar-refractivity contribution in [1.29, 1.82) is 0 Å². The summed E-state index contributed by atoms with van der Waals surface area (Å²) in [6.07, 6.45) is 7.13. The molecule has 0 radical (unpaired) electrons. The van der Waals surface area contributed by atoms with Gasteiger partial charge in [-0.2, -0.15) is 10.2 Å². The van der Waals surface area contributed by atoms with E-state index in [0.29, 0.717) is 23.5 Å². The first-order valence-electron chi connectivity index (χ1n) is 10.3. The molecule has 10 nitrogen and oxygen atoms in total. The molecule has 4 aromatic rings. The van der Waals surface area contributed by atoms with Crippen molar-refractivity contribution in [2.45, 2.75) is 26.6 Å². The lowest BCUT2D eigenvalue weighted by Gasteiger charge is -2.08. The third-order valence-electron chi connectivity index (χ3n) is 4.89. The summed E-state index contributed by atoms with van der Waals surface area (Å²) in [5.41, 5.74) is 2.90. The van der Waals surface area contributed by atoms with E-state index in [1.54, 1.807) is 53.6 Å². The van der Waals surface area contributed by atoms with E-state index in [2.05, 4.69) is 15.5 Å². The van der Waals surface area contributed by atoms with Crippen LogP contribution in [0.15, 0.2) is 73.3 Å². The molecule has 4 rings (SSSR count). The highest BCUT2D eigenvalue weighted by molar-refractivity contribution is 6.04. The van der Waals surface area contributed by atoms with Crippen molar-refractivity contribution in [1.82, 2.24) is 19.6 Å². The van der Waals surface area contributed by atoms with Gasteiger partial charge >= 0.3 is 0 Å². The van der Waals surface area contributed by atoms with Crippen LogP contribution in [0.4, 0.5) is 11.4 Å². The minimum atomic E-state index is -0.463. The normalized spacial score (nSPS) is 10.7. The van der Waals surface area contributed by atoms with E-state index in [0.717, 1.165) is 17.7 Å². The van der Waals surface area contributed by atoms with Crippen molar-refractivity contribution in [3.05, 3.63) is 100 Å². The number of anilines is 1. The van der Waals surface area contributed by atoms with E-state index in [4.69, 9.17) is 4.74 Å². The SMILES string of the molecule is CCn1cc(Cn2cc(NC(=O)c3cccc(COc4ccc([N+](=O)[O-])cc4)c3)cn2)cn1. The van der Waals surface area contributed by atoms with Crippen molar-refractivity contribution in [2.75, 3.05) is 5.32 Å². The number of non-ortho nitro benzene ring substituents is 1. The number of nitro benzene ring substituents is 1. The Bertz CT molecular complexity index is 1260. The Labute approximate surface area is 189 Å². The van der Waals surface area contributed by atoms with Gasteiger partial charge in [-0.05, 0) is 36.8 Å². The van der Waals surface area contributed by atoms with E-state index in [1.165, 1.54) is 12.1 Å². The lowest BCUT2D eigenvalue weighted by atomic mass is 10.1. The van der Waals surface area contributed by atoms with Gasteiger partial charge in [0.2, 0.25) is 0 Å². The minimum Gasteiger partial charge on any atom is -0.489 e. The highest BCUT2D eigenvalue weighted by atomic mass is 16.6. The Hall–Kier alpha value is -4.47. The van der Waals surface area contributed by atoms with E-state index >= 15 is 0 Å². The number of carbonyl (C=O) groups excluding carboxylic acids is 1. The second-order valence-electron chi connectivity index (χ2n) is 7.33. The molecule has 168 valence electrons. The average Bonchev–Trinajstić information content (AvgIpc) is 3.47. The van der Waals surface area contributed by atoms with E-state index in [-0.39, 0.29) is 18.2 Å². The highest BCUT2D eigenvalue weighted by Gasteiger charge is 2.10. The molecule has 0 aliphatic rings. The maximum Gasteiger partial charge on any atom is 0.269 e. The third kappa shape index (κ3) is 5.62. The summed E-state index contributed by atoms with van der Waals surface area (Å²) in [7, 11) is 0. The fourth-order valence-electron chi connectivity index (χ4n) is 3.20. The van der Waals surface area contributed by atoms with Gasteiger partial charge in [-0.25, -0.2) is 0 Å². The van der Waals surface area contributed by atoms with E-state index in [9.17, 15) is 14.9 Å². The molecule has 0 fully saturated rings. The van der Waals surface area contributed by atoms with E-state index in [1.807, 2.05) is 23.9 Å². The number of nitrogens with one attached hydrogen (secondary N) is 1. The highest BCUT2D eigenvalue weighted by Crippen LogP contribution is 2.19. The van der Waals surface area contributed by atoms with Gasteiger partial charge in [0.05, 0.1) is 29.5 Å². The van der Waals surface area contributed by atoms with Gasteiger partial charge in [-0.15, -0.1) is 0 Å². The van der Waals surface area contributed by atoms with Crippen molar-refractivity contribution >= 4 is 17.3 Å². The molecule has 0 saturated carbocycles. The lowest BCUT2D eigenvalue weighted by molar-refractivity contribution is -0.384. The number of rotatable bonds is 9. The first kappa shape index (κ1) is 21.8. The van der Waals surface area contributed by atoms with Crippen molar-refractivity contribution in [2.24, 2.45) is 0 Å². The first-order chi connectivity index (χ1) is 16.0. The van der Waals surface area contributed by atoms with Gasteiger partial charge in [0.25, 0.3) is 11.6 Å². The molecule has 1 amide bonds. The molecule has 0 aliphatic heterocycles. The van der Waals surface area contributed by atoms with Crippen LogP contribution in [0.25, 0.3) is 0 Å². The number of ether oxygens (including phenoxy) is 1. The molecule has 0 unspecified atom stereocenters. The molecule has 0 atom stereocenters. The second-order valence-corrected chi connectivity index (χ2v) is 7.33.